The number of fused-ring (bicyclic) bond motifs is 3. The highest BCUT2D eigenvalue weighted by atomic mass is 16.5. The van der Waals surface area contributed by atoms with Gasteiger partial charge in [-0.05, 0) is 35.1 Å². The van der Waals surface area contributed by atoms with E-state index in [2.05, 4.69) is 29.6 Å². The summed E-state index contributed by atoms with van der Waals surface area (Å²) in [4.78, 5) is 38.4. The largest absolute Gasteiger partial charge is 0.481 e. The zero-order chi connectivity index (χ0) is 24.5. The van der Waals surface area contributed by atoms with Gasteiger partial charge < -0.3 is 20.1 Å². The van der Waals surface area contributed by atoms with Crippen molar-refractivity contribution in [3.63, 3.8) is 0 Å². The van der Waals surface area contributed by atoms with Gasteiger partial charge in [0.15, 0.2) is 0 Å². The number of rotatable bonds is 6. The predicted octanol–water partition coefficient (Wildman–Crippen LogP) is 4.04. The summed E-state index contributed by atoms with van der Waals surface area (Å²) < 4.78 is 5.65. The van der Waals surface area contributed by atoms with Gasteiger partial charge in [0.05, 0.1) is 12.0 Å². The van der Waals surface area contributed by atoms with Gasteiger partial charge >= 0.3 is 12.1 Å². The highest BCUT2D eigenvalue weighted by Crippen LogP contribution is 2.44. The van der Waals surface area contributed by atoms with Crippen molar-refractivity contribution in [3.8, 4) is 11.1 Å². The first-order valence-corrected chi connectivity index (χ1v) is 12.2. The number of carboxylic acid groups (broad SMARTS) is 1. The van der Waals surface area contributed by atoms with E-state index in [1.165, 1.54) is 11.1 Å². The number of aliphatic carboxylic acids is 1. The number of nitrogens with one attached hydrogen (secondary N) is 1. The van der Waals surface area contributed by atoms with Crippen molar-refractivity contribution < 1.29 is 24.2 Å². The lowest BCUT2D eigenvalue weighted by molar-refractivity contribution is -0.152. The van der Waals surface area contributed by atoms with Crippen molar-refractivity contribution in [2.45, 2.75) is 31.7 Å². The molecule has 3 atom stereocenters. The van der Waals surface area contributed by atoms with E-state index in [0.29, 0.717) is 25.9 Å². The second kappa shape index (κ2) is 9.56. The molecule has 0 saturated carbocycles. The second-order valence-electron chi connectivity index (χ2n) is 9.80. The molecular formula is C28H30N2O5. The van der Waals surface area contributed by atoms with Crippen molar-refractivity contribution in [2.24, 2.45) is 17.8 Å². The van der Waals surface area contributed by atoms with Crippen LogP contribution in [0.1, 0.15) is 36.8 Å². The van der Waals surface area contributed by atoms with Crippen LogP contribution in [-0.4, -0.2) is 53.7 Å². The molecule has 35 heavy (non-hydrogen) atoms. The lowest BCUT2D eigenvalue weighted by atomic mass is 9.84. The van der Waals surface area contributed by atoms with E-state index >= 15 is 0 Å². The molecule has 2 aromatic rings. The van der Waals surface area contributed by atoms with Gasteiger partial charge in [0, 0.05) is 30.8 Å². The van der Waals surface area contributed by atoms with Gasteiger partial charge in [0.2, 0.25) is 5.91 Å². The standard InChI is InChI=1S/C28H30N2O5/c1-17(27(32)33)19-14-30(15-19)26(31)18-7-6-8-20(13-18)29-28(34)35-16-25-23-11-4-2-9-21(23)22-10-3-5-12-24(22)25/h2-6,8-12,17-20,25H,7,13-16H2,1H3,(H,29,34)(H,32,33)/t17?,18-,20-/m1/s1. The number of likely N-dealkylation sites (tertiary alicyclic amines) is 1. The van der Waals surface area contributed by atoms with Crippen molar-refractivity contribution in [2.75, 3.05) is 19.7 Å². The molecule has 3 aliphatic rings. The number of nitrogens with zero attached hydrogens (tertiary/aromatic N) is 1. The van der Waals surface area contributed by atoms with Crippen molar-refractivity contribution in [3.05, 3.63) is 71.8 Å². The van der Waals surface area contributed by atoms with E-state index in [9.17, 15) is 14.4 Å². The first-order chi connectivity index (χ1) is 16.9. The molecule has 2 N–H and O–H groups in total. The molecule has 1 aliphatic heterocycles. The van der Waals surface area contributed by atoms with Crippen LogP contribution < -0.4 is 5.32 Å². The molecule has 0 spiro atoms. The molecule has 0 radical (unpaired) electrons. The number of amides is 2. The number of hydrogen-bond acceptors (Lipinski definition) is 4. The average Bonchev–Trinajstić information content (AvgIpc) is 3.15. The van der Waals surface area contributed by atoms with Crippen molar-refractivity contribution in [1.82, 2.24) is 10.2 Å². The minimum Gasteiger partial charge on any atom is -0.481 e. The monoisotopic (exact) mass is 474 g/mol. The van der Waals surface area contributed by atoms with E-state index in [1.807, 2.05) is 36.4 Å². The van der Waals surface area contributed by atoms with Crippen LogP contribution in [0.2, 0.25) is 0 Å². The zero-order valence-electron chi connectivity index (χ0n) is 19.7. The SMILES string of the molecule is CC(C(=O)O)C1CN(C(=O)[C@@H]2CC=C[C@@H](NC(=O)OCC3c4ccccc4-c4ccccc43)C2)C1. The van der Waals surface area contributed by atoms with E-state index in [-0.39, 0.29) is 36.3 Å². The van der Waals surface area contributed by atoms with Crippen LogP contribution in [0.3, 0.4) is 0 Å². The molecule has 5 rings (SSSR count). The number of carbonyl (C=O) groups excluding carboxylic acids is 2. The zero-order valence-corrected chi connectivity index (χ0v) is 19.7. The van der Waals surface area contributed by atoms with Crippen LogP contribution in [0.25, 0.3) is 11.1 Å². The number of alkyl carbamates (subject to hydrolysis) is 1. The molecule has 0 aromatic heterocycles. The van der Waals surface area contributed by atoms with E-state index < -0.39 is 18.0 Å². The van der Waals surface area contributed by atoms with Gasteiger partial charge in [-0.15, -0.1) is 0 Å². The summed E-state index contributed by atoms with van der Waals surface area (Å²) in [5, 5.41) is 12.1. The Labute approximate surface area is 204 Å². The third-order valence-electron chi connectivity index (χ3n) is 7.64. The maximum atomic E-state index is 12.9. The summed E-state index contributed by atoms with van der Waals surface area (Å²) in [5.74, 6) is -1.46. The highest BCUT2D eigenvalue weighted by molar-refractivity contribution is 5.81. The van der Waals surface area contributed by atoms with Gasteiger partial charge in [0.1, 0.15) is 6.61 Å². The predicted molar refractivity (Wildman–Crippen MR) is 131 cm³/mol. The minimum absolute atomic E-state index is 0.00284. The number of hydrogen-bond donors (Lipinski definition) is 2. The number of allylic oxidation sites excluding steroid dienone is 1. The Morgan fingerprint density at radius 2 is 1.69 bits per heavy atom. The third kappa shape index (κ3) is 4.55. The molecule has 1 heterocycles. The molecule has 1 fully saturated rings. The quantitative estimate of drug-likeness (QED) is 0.616. The summed E-state index contributed by atoms with van der Waals surface area (Å²) in [6.45, 7) is 2.90. The molecule has 1 saturated heterocycles. The fourth-order valence-corrected chi connectivity index (χ4v) is 5.46. The Morgan fingerprint density at radius 1 is 1.06 bits per heavy atom. The van der Waals surface area contributed by atoms with E-state index in [4.69, 9.17) is 9.84 Å². The van der Waals surface area contributed by atoms with E-state index in [0.717, 1.165) is 11.1 Å². The van der Waals surface area contributed by atoms with Crippen molar-refractivity contribution >= 4 is 18.0 Å². The van der Waals surface area contributed by atoms with Gasteiger partial charge in [0.25, 0.3) is 0 Å². The summed E-state index contributed by atoms with van der Waals surface area (Å²) in [6, 6.07) is 16.1. The maximum Gasteiger partial charge on any atom is 0.407 e. The fraction of sp³-hybridized carbons (Fsp3) is 0.393. The van der Waals surface area contributed by atoms with Gasteiger partial charge in [-0.3, -0.25) is 9.59 Å². The molecule has 2 aliphatic carbocycles. The molecular weight excluding hydrogens is 444 g/mol. The Morgan fingerprint density at radius 3 is 2.31 bits per heavy atom. The van der Waals surface area contributed by atoms with Crippen LogP contribution >= 0.6 is 0 Å². The molecule has 7 heteroatoms. The number of benzene rings is 2. The maximum absolute atomic E-state index is 12.9. The molecule has 0 bridgehead atoms. The van der Waals surface area contributed by atoms with Gasteiger partial charge in [-0.1, -0.05) is 67.6 Å². The molecule has 2 aromatic carbocycles. The summed E-state index contributed by atoms with van der Waals surface area (Å²) in [6.07, 6.45) is 4.48. The Kier molecular flexibility index (Phi) is 6.32. The van der Waals surface area contributed by atoms with Crippen LogP contribution in [0.15, 0.2) is 60.7 Å². The lowest BCUT2D eigenvalue weighted by Gasteiger charge is -2.43. The summed E-state index contributed by atoms with van der Waals surface area (Å²) >= 11 is 0. The minimum atomic E-state index is -0.824. The molecule has 182 valence electrons. The smallest absolute Gasteiger partial charge is 0.407 e. The van der Waals surface area contributed by atoms with Crippen LogP contribution in [0, 0.1) is 17.8 Å². The van der Waals surface area contributed by atoms with E-state index in [1.54, 1.807) is 11.8 Å². The third-order valence-corrected chi connectivity index (χ3v) is 7.64. The first-order valence-electron chi connectivity index (χ1n) is 12.2. The lowest BCUT2D eigenvalue weighted by Crippen LogP contribution is -2.55. The Balaban J connectivity index is 1.14. The van der Waals surface area contributed by atoms with Crippen LogP contribution in [0.4, 0.5) is 4.79 Å². The number of ether oxygens (including phenoxy) is 1. The average molecular weight is 475 g/mol. The van der Waals surface area contributed by atoms with Crippen molar-refractivity contribution in [1.29, 1.82) is 0 Å². The van der Waals surface area contributed by atoms with Gasteiger partial charge in [-0.25, -0.2) is 4.79 Å². The highest BCUT2D eigenvalue weighted by Gasteiger charge is 2.40. The van der Waals surface area contributed by atoms with Crippen LogP contribution in [-0.2, 0) is 14.3 Å². The van der Waals surface area contributed by atoms with Gasteiger partial charge in [-0.2, -0.15) is 0 Å². The molecule has 2 amide bonds. The number of carboxylic acids is 1. The summed E-state index contributed by atoms with van der Waals surface area (Å²) in [7, 11) is 0. The topological polar surface area (TPSA) is 95.9 Å². The molecule has 7 nitrogen and oxygen atoms in total. The Bertz CT molecular complexity index is 1120. The fourth-order valence-electron chi connectivity index (χ4n) is 5.46. The van der Waals surface area contributed by atoms with Crippen LogP contribution in [0.5, 0.6) is 0 Å². The first kappa shape index (κ1) is 23.1. The molecule has 1 unspecified atom stereocenters. The number of carbonyl (C=O) groups is 3. The Hall–Kier alpha value is -3.61. The normalized spacial score (nSPS) is 22.0. The second-order valence-corrected chi connectivity index (χ2v) is 9.80. The summed E-state index contributed by atoms with van der Waals surface area (Å²) in [5.41, 5.74) is 4.68.